The first-order valence-electron chi connectivity index (χ1n) is 12.1. The predicted octanol–water partition coefficient (Wildman–Crippen LogP) is 4.32. The van der Waals surface area contributed by atoms with Gasteiger partial charge in [0.1, 0.15) is 11.5 Å². The van der Waals surface area contributed by atoms with Crippen molar-refractivity contribution >= 4 is 50.9 Å². The Balaban J connectivity index is 1.37. The number of fused-ring (bicyclic) bond motifs is 1. The Kier molecular flexibility index (Phi) is 8.41. The van der Waals surface area contributed by atoms with Crippen LogP contribution in [0.2, 0.25) is 0 Å². The van der Waals surface area contributed by atoms with Crippen LogP contribution in [0.1, 0.15) is 50.5 Å². The molecule has 182 valence electrons. The Morgan fingerprint density at radius 1 is 1.15 bits per heavy atom. The van der Waals surface area contributed by atoms with Crippen molar-refractivity contribution in [2.75, 3.05) is 19.7 Å². The fourth-order valence-electron chi connectivity index (χ4n) is 4.85. The molecule has 2 fully saturated rings. The number of amides is 2. The number of hydrogen-bond donors (Lipinski definition) is 4. The molecule has 0 saturated carbocycles. The number of benzene rings is 2. The first kappa shape index (κ1) is 24.9. The minimum Gasteiger partial charge on any atom is -0.507 e. The van der Waals surface area contributed by atoms with Crippen molar-refractivity contribution in [3.05, 3.63) is 35.9 Å². The van der Waals surface area contributed by atoms with E-state index in [-0.39, 0.29) is 30.2 Å². The summed E-state index contributed by atoms with van der Waals surface area (Å²) in [5.74, 6) is 0.000139. The predicted molar refractivity (Wildman–Crippen MR) is 141 cm³/mol. The van der Waals surface area contributed by atoms with E-state index in [2.05, 4.69) is 33.2 Å². The molecule has 2 aliphatic rings. The maximum Gasteiger partial charge on any atom is 0.235 e. The highest BCUT2D eigenvalue weighted by molar-refractivity contribution is 14.1. The summed E-state index contributed by atoms with van der Waals surface area (Å²) in [7, 11) is 0. The molecule has 2 aromatic rings. The van der Waals surface area contributed by atoms with Gasteiger partial charge in [-0.25, -0.2) is 0 Å². The van der Waals surface area contributed by atoms with Crippen LogP contribution in [0.3, 0.4) is 0 Å². The molecule has 2 amide bonds. The van der Waals surface area contributed by atoms with Gasteiger partial charge in [-0.3, -0.25) is 14.9 Å². The molecule has 4 N–H and O–H groups in total. The van der Waals surface area contributed by atoms with Gasteiger partial charge < -0.3 is 20.6 Å². The molecule has 2 aromatic carbocycles. The number of phenolic OH excluding ortho intramolecular Hbond substituents is 1. The van der Waals surface area contributed by atoms with Crippen LogP contribution in [0.15, 0.2) is 30.3 Å². The zero-order valence-corrected chi connectivity index (χ0v) is 21.4. The zero-order valence-electron chi connectivity index (χ0n) is 19.2. The van der Waals surface area contributed by atoms with Crippen molar-refractivity contribution in [3.63, 3.8) is 0 Å². The number of carbonyl (C=O) groups is 2. The van der Waals surface area contributed by atoms with E-state index >= 15 is 0 Å². The third-order valence-corrected chi connectivity index (χ3v) is 8.12. The number of phenols is 1. The second-order valence-corrected chi connectivity index (χ2v) is 11.0. The highest BCUT2D eigenvalue weighted by Crippen LogP contribution is 2.33. The Labute approximate surface area is 213 Å². The first-order valence-corrected chi connectivity index (χ1v) is 13.3. The van der Waals surface area contributed by atoms with Crippen molar-refractivity contribution in [2.45, 2.75) is 48.9 Å². The minimum absolute atomic E-state index is 0.0308. The largest absolute Gasteiger partial charge is 0.507 e. The lowest BCUT2D eigenvalue weighted by atomic mass is 9.86. The quantitative estimate of drug-likeness (QED) is 0.154. The summed E-state index contributed by atoms with van der Waals surface area (Å²) in [6.07, 6.45) is 6.54. The Hall–Kier alpha value is -2.20. The molecule has 4 rings (SSSR count). The molecule has 2 atom stereocenters. The number of aromatic hydroxyl groups is 1. The number of nitrogens with one attached hydrogen (secondary N) is 3. The fraction of sp³-hybridized carbons (Fsp3) is 0.500. The maximum absolute atomic E-state index is 12.3. The molecule has 0 aliphatic carbocycles. The number of ether oxygens (including phenoxy) is 1. The van der Waals surface area contributed by atoms with E-state index in [0.717, 1.165) is 36.6 Å². The van der Waals surface area contributed by atoms with Crippen molar-refractivity contribution in [1.82, 2.24) is 10.6 Å². The number of imide groups is 1. The molecule has 8 heteroatoms. The van der Waals surface area contributed by atoms with E-state index in [1.165, 1.54) is 25.7 Å². The highest BCUT2D eigenvalue weighted by Gasteiger charge is 2.32. The minimum atomic E-state index is -0.754. The van der Waals surface area contributed by atoms with Crippen LogP contribution in [0.25, 0.3) is 10.8 Å². The second-order valence-electron chi connectivity index (χ2n) is 9.27. The van der Waals surface area contributed by atoms with Crippen molar-refractivity contribution in [2.24, 2.45) is 11.8 Å². The Bertz CT molecular complexity index is 1070. The van der Waals surface area contributed by atoms with E-state index in [1.807, 2.05) is 18.2 Å². The third kappa shape index (κ3) is 6.07. The topological polar surface area (TPSA) is 112 Å². The molecule has 0 radical (unpaired) electrons. The molecule has 2 aliphatic heterocycles. The van der Waals surface area contributed by atoms with Crippen LogP contribution in [-0.4, -0.2) is 46.3 Å². The number of alkyl halides is 1. The molecule has 0 spiro atoms. The van der Waals surface area contributed by atoms with Crippen molar-refractivity contribution in [3.8, 4) is 11.5 Å². The summed E-state index contributed by atoms with van der Waals surface area (Å²) in [5, 5.41) is 26.3. The smallest absolute Gasteiger partial charge is 0.235 e. The average molecular weight is 577 g/mol. The van der Waals surface area contributed by atoms with Gasteiger partial charge >= 0.3 is 0 Å². The highest BCUT2D eigenvalue weighted by atomic mass is 127. The van der Waals surface area contributed by atoms with Crippen LogP contribution in [0.5, 0.6) is 11.5 Å². The van der Waals surface area contributed by atoms with Gasteiger partial charge in [0, 0.05) is 15.9 Å². The molecular formula is C26H32IN3O4. The Morgan fingerprint density at radius 2 is 1.94 bits per heavy atom. The van der Waals surface area contributed by atoms with Gasteiger partial charge in [-0.05, 0) is 92.6 Å². The van der Waals surface area contributed by atoms with Gasteiger partial charge in [0.25, 0.3) is 0 Å². The number of halogens is 1. The van der Waals surface area contributed by atoms with Gasteiger partial charge in [-0.1, -0.05) is 28.7 Å². The van der Waals surface area contributed by atoms with Crippen LogP contribution in [0, 0.1) is 17.2 Å². The van der Waals surface area contributed by atoms with E-state index < -0.39 is 11.8 Å². The van der Waals surface area contributed by atoms with Gasteiger partial charge in [-0.15, -0.1) is 0 Å². The molecular weight excluding hydrogens is 545 g/mol. The summed E-state index contributed by atoms with van der Waals surface area (Å²) in [6.45, 7) is 2.94. The van der Waals surface area contributed by atoms with Crippen LogP contribution in [-0.2, 0) is 9.59 Å². The number of piperidine rings is 2. The SMILES string of the molecule is N=C(c1c(O)ccc2cc(OCCC(I)CCC3CCNCC3)ccc12)C1CCC(=O)NC1=O. The number of rotatable bonds is 9. The molecule has 0 aromatic heterocycles. The lowest BCUT2D eigenvalue weighted by molar-refractivity contribution is -0.134. The summed E-state index contributed by atoms with van der Waals surface area (Å²) in [5.41, 5.74) is 0.368. The summed E-state index contributed by atoms with van der Waals surface area (Å²) in [4.78, 5) is 23.7. The van der Waals surface area contributed by atoms with E-state index in [0.29, 0.717) is 21.5 Å². The molecule has 34 heavy (non-hydrogen) atoms. The van der Waals surface area contributed by atoms with Gasteiger partial charge in [0.2, 0.25) is 11.8 Å². The standard InChI is InChI=1S/C26H32IN3O4/c27-18(3-1-16-9-12-29-13-10-16)11-14-34-19-4-5-20-17(15-19)2-7-22(31)24(20)25(28)21-6-8-23(32)30-26(21)33/h2,4-5,7,15-16,18,21,28-29,31H,1,3,6,8-14H2,(H,30,32,33). The number of hydrogen-bond acceptors (Lipinski definition) is 6. The summed E-state index contributed by atoms with van der Waals surface area (Å²) >= 11 is 2.53. The molecule has 0 bridgehead atoms. The van der Waals surface area contributed by atoms with Crippen LogP contribution >= 0.6 is 22.6 Å². The van der Waals surface area contributed by atoms with Crippen LogP contribution in [0.4, 0.5) is 0 Å². The van der Waals surface area contributed by atoms with Gasteiger partial charge in [0.05, 0.1) is 18.2 Å². The normalized spacial score (nSPS) is 20.2. The van der Waals surface area contributed by atoms with Crippen molar-refractivity contribution < 1.29 is 19.4 Å². The summed E-state index contributed by atoms with van der Waals surface area (Å²) < 4.78 is 6.61. The lowest BCUT2D eigenvalue weighted by Crippen LogP contribution is -2.43. The lowest BCUT2D eigenvalue weighted by Gasteiger charge is -2.23. The first-order chi connectivity index (χ1) is 16.4. The van der Waals surface area contributed by atoms with Crippen LogP contribution < -0.4 is 15.4 Å². The van der Waals surface area contributed by atoms with Gasteiger partial charge in [-0.2, -0.15) is 0 Å². The molecule has 2 saturated heterocycles. The van der Waals surface area contributed by atoms with E-state index in [9.17, 15) is 14.7 Å². The third-order valence-electron chi connectivity index (χ3n) is 6.87. The summed E-state index contributed by atoms with van der Waals surface area (Å²) in [6, 6.07) is 8.93. The maximum atomic E-state index is 12.3. The molecule has 2 heterocycles. The van der Waals surface area contributed by atoms with Gasteiger partial charge in [0.15, 0.2) is 0 Å². The zero-order chi connectivity index (χ0) is 24.1. The average Bonchev–Trinajstić information content (AvgIpc) is 2.83. The van der Waals surface area contributed by atoms with Crippen molar-refractivity contribution in [1.29, 1.82) is 5.41 Å². The second kappa shape index (κ2) is 11.5. The fourth-order valence-corrected chi connectivity index (χ4v) is 5.46. The molecule has 2 unspecified atom stereocenters. The van der Waals surface area contributed by atoms with E-state index in [1.54, 1.807) is 12.1 Å². The number of carbonyl (C=O) groups excluding carboxylic acids is 2. The Morgan fingerprint density at radius 3 is 2.71 bits per heavy atom. The molecule has 7 nitrogen and oxygen atoms in total. The van der Waals surface area contributed by atoms with E-state index in [4.69, 9.17) is 10.1 Å². The monoisotopic (exact) mass is 577 g/mol.